The van der Waals surface area contributed by atoms with E-state index >= 15 is 0 Å². The lowest BCUT2D eigenvalue weighted by Gasteiger charge is -2.01. The van der Waals surface area contributed by atoms with Gasteiger partial charge in [-0.25, -0.2) is 0 Å². The van der Waals surface area contributed by atoms with Crippen LogP contribution in [0, 0.1) is 0 Å². The lowest BCUT2D eigenvalue weighted by molar-refractivity contribution is -0.0502. The van der Waals surface area contributed by atoms with E-state index in [2.05, 4.69) is 20.6 Å². The van der Waals surface area contributed by atoms with E-state index < -0.39 is 0 Å². The summed E-state index contributed by atoms with van der Waals surface area (Å²) in [5, 5.41) is 30.0. The summed E-state index contributed by atoms with van der Waals surface area (Å²) >= 11 is 0. The number of rotatable bonds is 6. The number of hydrogen-bond acceptors (Lipinski definition) is 8. The first-order valence-electron chi connectivity index (χ1n) is 4.74. The van der Waals surface area contributed by atoms with E-state index in [0.717, 1.165) is 0 Å². The molecule has 0 aliphatic rings. The van der Waals surface area contributed by atoms with E-state index in [-0.39, 0.29) is 6.79 Å². The molecule has 0 aromatic heterocycles. The minimum absolute atomic E-state index is 0.202. The topological polar surface area (TPSA) is 108 Å². The molecular formula is C9H16N4O4. The summed E-state index contributed by atoms with van der Waals surface area (Å²) in [6.07, 6.45) is 0. The van der Waals surface area contributed by atoms with Crippen molar-refractivity contribution in [1.29, 1.82) is 0 Å². The van der Waals surface area contributed by atoms with E-state index in [9.17, 15) is 0 Å². The van der Waals surface area contributed by atoms with Crippen LogP contribution in [0.25, 0.3) is 0 Å². The zero-order valence-electron chi connectivity index (χ0n) is 10.2. The van der Waals surface area contributed by atoms with Crippen LogP contribution in [0.3, 0.4) is 0 Å². The summed E-state index contributed by atoms with van der Waals surface area (Å²) in [6, 6.07) is 0. The Morgan fingerprint density at radius 3 is 1.41 bits per heavy atom. The van der Waals surface area contributed by atoms with Crippen LogP contribution in [0.4, 0.5) is 0 Å². The Balaban J connectivity index is 4.03. The Kier molecular flexibility index (Phi) is 7.07. The molecule has 0 amide bonds. The van der Waals surface area contributed by atoms with E-state index in [1.165, 1.54) is 0 Å². The van der Waals surface area contributed by atoms with Crippen LogP contribution in [0.1, 0.15) is 27.7 Å². The third-order valence-corrected chi connectivity index (χ3v) is 1.86. The second-order valence-electron chi connectivity index (χ2n) is 3.10. The number of oxime groups is 4. The molecule has 17 heavy (non-hydrogen) atoms. The van der Waals surface area contributed by atoms with Gasteiger partial charge in [0.15, 0.2) is 0 Å². The third kappa shape index (κ3) is 6.13. The molecule has 0 saturated carbocycles. The molecule has 0 bridgehead atoms. The van der Waals surface area contributed by atoms with Crippen LogP contribution >= 0.6 is 0 Å². The Labute approximate surface area is 98.9 Å². The lowest BCUT2D eigenvalue weighted by atomic mass is 10.3. The van der Waals surface area contributed by atoms with Crippen molar-refractivity contribution < 1.29 is 20.1 Å². The van der Waals surface area contributed by atoms with Crippen molar-refractivity contribution in [2.24, 2.45) is 20.6 Å². The van der Waals surface area contributed by atoms with Gasteiger partial charge in [-0.3, -0.25) is 0 Å². The van der Waals surface area contributed by atoms with Gasteiger partial charge in [-0.1, -0.05) is 20.6 Å². The molecule has 8 nitrogen and oxygen atoms in total. The maximum Gasteiger partial charge on any atom is 0.280 e. The molecule has 0 aromatic rings. The highest BCUT2D eigenvalue weighted by Crippen LogP contribution is 1.89. The Bertz CT molecular complexity index is 326. The summed E-state index contributed by atoms with van der Waals surface area (Å²) in [5.41, 5.74) is 1.52. The summed E-state index contributed by atoms with van der Waals surface area (Å²) in [5.74, 6) is 0. The molecular weight excluding hydrogens is 228 g/mol. The van der Waals surface area contributed by atoms with E-state index in [0.29, 0.717) is 22.8 Å². The minimum Gasteiger partial charge on any atom is -0.411 e. The molecule has 0 aliphatic carbocycles. The van der Waals surface area contributed by atoms with Crippen molar-refractivity contribution in [2.45, 2.75) is 27.7 Å². The average molecular weight is 244 g/mol. The highest BCUT2D eigenvalue weighted by atomic mass is 16.8. The van der Waals surface area contributed by atoms with Gasteiger partial charge < -0.3 is 20.1 Å². The van der Waals surface area contributed by atoms with Crippen molar-refractivity contribution in [3.8, 4) is 0 Å². The van der Waals surface area contributed by atoms with Crippen LogP contribution in [0.5, 0.6) is 0 Å². The van der Waals surface area contributed by atoms with Crippen molar-refractivity contribution in [2.75, 3.05) is 6.79 Å². The number of hydrogen-bond donors (Lipinski definition) is 2. The van der Waals surface area contributed by atoms with Crippen LogP contribution < -0.4 is 0 Å². The van der Waals surface area contributed by atoms with Gasteiger partial charge in [0, 0.05) is 0 Å². The molecule has 0 fully saturated rings. The predicted molar refractivity (Wildman–Crippen MR) is 63.0 cm³/mol. The molecule has 0 rings (SSSR count). The molecule has 0 aliphatic heterocycles. The summed E-state index contributed by atoms with van der Waals surface area (Å²) < 4.78 is 0. The van der Waals surface area contributed by atoms with E-state index in [1.807, 2.05) is 0 Å². The van der Waals surface area contributed by atoms with Gasteiger partial charge in [0.25, 0.3) is 6.79 Å². The second kappa shape index (κ2) is 8.08. The maximum atomic E-state index is 8.43. The normalized spacial score (nSPS) is 14.8. The first-order valence-corrected chi connectivity index (χ1v) is 4.74. The van der Waals surface area contributed by atoms with E-state index in [4.69, 9.17) is 20.1 Å². The Hall–Kier alpha value is -2.12. The van der Waals surface area contributed by atoms with Gasteiger partial charge in [0.1, 0.15) is 22.8 Å². The molecule has 0 spiro atoms. The summed E-state index contributed by atoms with van der Waals surface area (Å²) in [6.45, 7) is 6.18. The quantitative estimate of drug-likeness (QED) is 0.242. The van der Waals surface area contributed by atoms with Crippen LogP contribution in [0.2, 0.25) is 0 Å². The van der Waals surface area contributed by atoms with Gasteiger partial charge in [0.05, 0.1) is 0 Å². The summed E-state index contributed by atoms with van der Waals surface area (Å²) in [7, 11) is 0. The molecule has 96 valence electrons. The third-order valence-electron chi connectivity index (χ3n) is 1.86. The fraction of sp³-hybridized carbons (Fsp3) is 0.556. The molecule has 2 N–H and O–H groups in total. The minimum atomic E-state index is -0.202. The summed E-state index contributed by atoms with van der Waals surface area (Å²) in [4.78, 5) is 9.49. The fourth-order valence-electron chi connectivity index (χ4n) is 0.547. The molecule has 0 atom stereocenters. The van der Waals surface area contributed by atoms with Crippen molar-refractivity contribution in [3.05, 3.63) is 0 Å². The second-order valence-corrected chi connectivity index (χ2v) is 3.10. The largest absolute Gasteiger partial charge is 0.411 e. The van der Waals surface area contributed by atoms with Gasteiger partial charge in [-0.2, -0.15) is 0 Å². The van der Waals surface area contributed by atoms with Gasteiger partial charge in [-0.15, -0.1) is 0 Å². The van der Waals surface area contributed by atoms with Crippen molar-refractivity contribution >= 4 is 22.8 Å². The van der Waals surface area contributed by atoms with Crippen LogP contribution in [0.15, 0.2) is 20.6 Å². The highest BCUT2D eigenvalue weighted by Gasteiger charge is 1.98. The maximum absolute atomic E-state index is 8.43. The van der Waals surface area contributed by atoms with Crippen LogP contribution in [-0.4, -0.2) is 40.1 Å². The zero-order valence-corrected chi connectivity index (χ0v) is 10.2. The smallest absolute Gasteiger partial charge is 0.280 e. The molecule has 8 heteroatoms. The van der Waals surface area contributed by atoms with Crippen molar-refractivity contribution in [1.82, 2.24) is 0 Å². The predicted octanol–water partition coefficient (Wildman–Crippen LogP) is 1.43. The van der Waals surface area contributed by atoms with Gasteiger partial charge >= 0.3 is 0 Å². The van der Waals surface area contributed by atoms with Gasteiger partial charge in [-0.05, 0) is 27.7 Å². The molecule has 0 unspecified atom stereocenters. The Morgan fingerprint density at radius 1 is 0.765 bits per heavy atom. The monoisotopic (exact) mass is 244 g/mol. The standard InChI is InChI=1S/C9H16N4O4/c1-6(10-14)8(3)12-16-5-17-13-9(4)7(2)11-15/h14-15H,5H2,1-4H3/b10-6+,11-7+,12-8+,13-9+. The van der Waals surface area contributed by atoms with Gasteiger partial charge in [0.2, 0.25) is 0 Å². The van der Waals surface area contributed by atoms with Crippen molar-refractivity contribution in [3.63, 3.8) is 0 Å². The number of nitrogens with zero attached hydrogens (tertiary/aromatic N) is 4. The molecule has 0 heterocycles. The first-order chi connectivity index (χ1) is 8.02. The van der Waals surface area contributed by atoms with Crippen LogP contribution in [-0.2, 0) is 9.68 Å². The fourth-order valence-corrected chi connectivity index (χ4v) is 0.547. The lowest BCUT2D eigenvalue weighted by Crippen LogP contribution is -2.08. The first kappa shape index (κ1) is 14.9. The Morgan fingerprint density at radius 2 is 1.12 bits per heavy atom. The molecule has 0 radical (unpaired) electrons. The molecule has 0 saturated heterocycles. The zero-order chi connectivity index (χ0) is 13.3. The average Bonchev–Trinajstić information content (AvgIpc) is 2.35. The molecule has 0 aromatic carbocycles. The SMILES string of the molecule is CC(=N\O)/C(C)=N/OCO/N=C(C)/C(C)=N/O. The van der Waals surface area contributed by atoms with E-state index in [1.54, 1.807) is 27.7 Å². The highest BCUT2D eigenvalue weighted by molar-refractivity contribution is 6.40.